The molecule has 3 rings (SSSR count). The molecule has 1 heterocycles. The molecule has 1 N–H and O–H groups in total. The van der Waals surface area contributed by atoms with E-state index in [2.05, 4.69) is 10.1 Å². The number of nitrogens with zero attached hydrogens (tertiary/aromatic N) is 1. The van der Waals surface area contributed by atoms with E-state index in [1.807, 2.05) is 0 Å². The molecule has 0 spiro atoms. The molecule has 28 heavy (non-hydrogen) atoms. The van der Waals surface area contributed by atoms with Crippen LogP contribution in [0.4, 0.5) is 20.2 Å². The Balaban J connectivity index is 1.69. The van der Waals surface area contributed by atoms with Crippen molar-refractivity contribution in [2.24, 2.45) is 5.92 Å². The zero-order valence-electron chi connectivity index (χ0n) is 14.8. The summed E-state index contributed by atoms with van der Waals surface area (Å²) < 4.78 is 34.1. The molecular weight excluding hydrogens is 394 g/mol. The van der Waals surface area contributed by atoms with E-state index in [4.69, 9.17) is 16.3 Å². The van der Waals surface area contributed by atoms with Crippen LogP contribution in [0.1, 0.15) is 6.42 Å². The molecule has 2 aromatic carbocycles. The van der Waals surface area contributed by atoms with Gasteiger partial charge in [-0.15, -0.1) is 0 Å². The van der Waals surface area contributed by atoms with E-state index in [1.54, 1.807) is 24.3 Å². The van der Waals surface area contributed by atoms with Crippen LogP contribution < -0.4 is 19.7 Å². The molecule has 6 nitrogen and oxygen atoms in total. The Labute approximate surface area is 165 Å². The molecule has 0 aliphatic carbocycles. The van der Waals surface area contributed by atoms with Crippen molar-refractivity contribution in [3.05, 3.63) is 47.5 Å². The molecule has 2 aromatic rings. The minimum absolute atomic E-state index is 0.0458. The Morgan fingerprint density at radius 2 is 2.00 bits per heavy atom. The second-order valence-corrected chi connectivity index (χ2v) is 6.50. The molecule has 1 saturated heterocycles. The molecule has 1 aliphatic rings. The Hall–Kier alpha value is -2.87. The fourth-order valence-corrected chi connectivity index (χ4v) is 3.21. The van der Waals surface area contributed by atoms with Gasteiger partial charge in [-0.2, -0.15) is 8.78 Å². The van der Waals surface area contributed by atoms with Gasteiger partial charge in [-0.3, -0.25) is 9.59 Å². The maximum absolute atomic E-state index is 12.6. The Bertz CT molecular complexity index is 894. The fourth-order valence-electron chi connectivity index (χ4n) is 2.98. The molecule has 0 unspecified atom stereocenters. The second-order valence-electron chi connectivity index (χ2n) is 6.09. The monoisotopic (exact) mass is 410 g/mol. The van der Waals surface area contributed by atoms with Crippen LogP contribution in [0.2, 0.25) is 5.02 Å². The molecule has 1 fully saturated rings. The van der Waals surface area contributed by atoms with Crippen molar-refractivity contribution in [3.63, 3.8) is 0 Å². The number of carbonyl (C=O) groups is 2. The van der Waals surface area contributed by atoms with Crippen LogP contribution in [0.25, 0.3) is 0 Å². The SMILES string of the molecule is COc1ccccc1N1C[C@H](C(=O)Nc2ccc(OC(F)F)c(Cl)c2)CC1=O. The van der Waals surface area contributed by atoms with Crippen LogP contribution >= 0.6 is 11.6 Å². The van der Waals surface area contributed by atoms with Gasteiger partial charge in [0.15, 0.2) is 0 Å². The Morgan fingerprint density at radius 3 is 2.68 bits per heavy atom. The number of halogens is 3. The highest BCUT2D eigenvalue weighted by atomic mass is 35.5. The van der Waals surface area contributed by atoms with E-state index in [-0.39, 0.29) is 35.6 Å². The molecule has 9 heteroatoms. The van der Waals surface area contributed by atoms with Crippen molar-refractivity contribution < 1.29 is 27.8 Å². The van der Waals surface area contributed by atoms with Crippen molar-refractivity contribution in [1.82, 2.24) is 0 Å². The van der Waals surface area contributed by atoms with Crippen molar-refractivity contribution in [1.29, 1.82) is 0 Å². The third kappa shape index (κ3) is 4.33. The quantitative estimate of drug-likeness (QED) is 0.783. The van der Waals surface area contributed by atoms with Crippen LogP contribution in [0.15, 0.2) is 42.5 Å². The standard InChI is InChI=1S/C19H17ClF2N2O4/c1-27-16-5-3-2-4-14(16)24-10-11(8-17(24)25)18(26)23-12-6-7-15(13(20)9-12)28-19(21)22/h2-7,9,11,19H,8,10H2,1H3,(H,23,26)/t11-/m1/s1. The minimum atomic E-state index is -3.00. The van der Waals surface area contributed by atoms with Gasteiger partial charge < -0.3 is 19.7 Å². The van der Waals surface area contributed by atoms with Crippen molar-refractivity contribution in [2.45, 2.75) is 13.0 Å². The van der Waals surface area contributed by atoms with Gasteiger partial charge in [-0.1, -0.05) is 23.7 Å². The number of para-hydroxylation sites is 2. The van der Waals surface area contributed by atoms with Gasteiger partial charge >= 0.3 is 6.61 Å². The minimum Gasteiger partial charge on any atom is -0.495 e. The first-order chi connectivity index (χ1) is 13.4. The predicted octanol–water partition coefficient (Wildman–Crippen LogP) is 3.94. The van der Waals surface area contributed by atoms with Crippen molar-refractivity contribution in [3.8, 4) is 11.5 Å². The summed E-state index contributed by atoms with van der Waals surface area (Å²) >= 11 is 5.89. The summed E-state index contributed by atoms with van der Waals surface area (Å²) in [6.45, 7) is -2.80. The molecule has 1 aliphatic heterocycles. The first-order valence-corrected chi connectivity index (χ1v) is 8.75. The van der Waals surface area contributed by atoms with E-state index < -0.39 is 12.5 Å². The number of carbonyl (C=O) groups excluding carboxylic acids is 2. The van der Waals surface area contributed by atoms with Crippen LogP contribution in [0.3, 0.4) is 0 Å². The number of alkyl halides is 2. The third-order valence-corrected chi connectivity index (χ3v) is 4.58. The highest BCUT2D eigenvalue weighted by Crippen LogP contribution is 2.34. The van der Waals surface area contributed by atoms with E-state index in [9.17, 15) is 18.4 Å². The lowest BCUT2D eigenvalue weighted by molar-refractivity contribution is -0.122. The average Bonchev–Trinajstić information content (AvgIpc) is 3.05. The number of ether oxygens (including phenoxy) is 2. The van der Waals surface area contributed by atoms with Crippen molar-refractivity contribution >= 4 is 34.8 Å². The molecule has 0 saturated carbocycles. The topological polar surface area (TPSA) is 67.9 Å². The molecule has 0 radical (unpaired) electrons. The number of nitrogens with one attached hydrogen (secondary N) is 1. The lowest BCUT2D eigenvalue weighted by atomic mass is 10.1. The summed E-state index contributed by atoms with van der Waals surface area (Å²) in [4.78, 5) is 26.5. The maximum atomic E-state index is 12.6. The molecule has 2 amide bonds. The number of benzene rings is 2. The number of methoxy groups -OCH3 is 1. The van der Waals surface area contributed by atoms with Crippen LogP contribution in [-0.2, 0) is 9.59 Å². The Kier molecular flexibility index (Phi) is 5.99. The van der Waals surface area contributed by atoms with Gasteiger partial charge in [0.05, 0.1) is 23.7 Å². The van der Waals surface area contributed by atoms with E-state index in [1.165, 1.54) is 30.2 Å². The summed E-state index contributed by atoms with van der Waals surface area (Å²) in [5, 5.41) is 2.59. The third-order valence-electron chi connectivity index (χ3n) is 4.29. The summed E-state index contributed by atoms with van der Waals surface area (Å²) in [5.41, 5.74) is 0.918. The number of hydrogen-bond acceptors (Lipinski definition) is 4. The molecular formula is C19H17ClF2N2O4. The van der Waals surface area contributed by atoms with Crippen LogP contribution in [0, 0.1) is 5.92 Å². The first-order valence-electron chi connectivity index (χ1n) is 8.37. The van der Waals surface area contributed by atoms with Crippen LogP contribution in [0.5, 0.6) is 11.5 Å². The molecule has 1 atom stereocenters. The highest BCUT2D eigenvalue weighted by Gasteiger charge is 2.36. The maximum Gasteiger partial charge on any atom is 0.387 e. The number of hydrogen-bond donors (Lipinski definition) is 1. The van der Waals surface area contributed by atoms with Gasteiger partial charge in [0.1, 0.15) is 11.5 Å². The highest BCUT2D eigenvalue weighted by molar-refractivity contribution is 6.32. The number of amides is 2. The predicted molar refractivity (Wildman–Crippen MR) is 100 cm³/mol. The summed E-state index contributed by atoms with van der Waals surface area (Å²) in [6, 6.07) is 11.0. The van der Waals surface area contributed by atoms with E-state index >= 15 is 0 Å². The summed E-state index contributed by atoms with van der Waals surface area (Å²) in [6.07, 6.45) is 0.0458. The smallest absolute Gasteiger partial charge is 0.387 e. The number of rotatable bonds is 6. The van der Waals surface area contributed by atoms with Crippen LogP contribution in [-0.4, -0.2) is 32.1 Å². The first kappa shape index (κ1) is 19.9. The average molecular weight is 411 g/mol. The van der Waals surface area contributed by atoms with Crippen molar-refractivity contribution in [2.75, 3.05) is 23.9 Å². The normalized spacial score (nSPS) is 16.4. The number of anilines is 2. The lowest BCUT2D eigenvalue weighted by Gasteiger charge is -2.19. The zero-order chi connectivity index (χ0) is 20.3. The fraction of sp³-hybridized carbons (Fsp3) is 0.263. The summed E-state index contributed by atoms with van der Waals surface area (Å²) in [7, 11) is 1.51. The second kappa shape index (κ2) is 8.43. The van der Waals surface area contributed by atoms with E-state index in [0.29, 0.717) is 17.1 Å². The zero-order valence-corrected chi connectivity index (χ0v) is 15.6. The van der Waals surface area contributed by atoms with Gasteiger partial charge in [0.2, 0.25) is 11.8 Å². The Morgan fingerprint density at radius 1 is 1.25 bits per heavy atom. The molecule has 0 bridgehead atoms. The molecule has 0 aromatic heterocycles. The lowest BCUT2D eigenvalue weighted by Crippen LogP contribution is -2.28. The van der Waals surface area contributed by atoms with Gasteiger partial charge in [-0.05, 0) is 30.3 Å². The summed E-state index contributed by atoms with van der Waals surface area (Å²) in [5.74, 6) is -0.785. The molecule has 148 valence electrons. The van der Waals surface area contributed by atoms with Gasteiger partial charge in [0, 0.05) is 18.7 Å². The van der Waals surface area contributed by atoms with E-state index in [0.717, 1.165) is 0 Å². The largest absolute Gasteiger partial charge is 0.495 e. The van der Waals surface area contributed by atoms with Gasteiger partial charge in [0.25, 0.3) is 0 Å². The van der Waals surface area contributed by atoms with Gasteiger partial charge in [-0.25, -0.2) is 0 Å².